The third-order valence-electron chi connectivity index (χ3n) is 4.68. The summed E-state index contributed by atoms with van der Waals surface area (Å²) in [7, 11) is 3.84. The second-order valence-corrected chi connectivity index (χ2v) is 14.8. The maximum absolute atomic E-state index is 12.4. The summed E-state index contributed by atoms with van der Waals surface area (Å²) in [6.07, 6.45) is 4.69. The van der Waals surface area contributed by atoms with Crippen molar-refractivity contribution in [3.63, 3.8) is 0 Å². The third-order valence-corrected chi connectivity index (χ3v) is 11.4. The number of esters is 1. The number of benzene rings is 1. The Kier molecular flexibility index (Phi) is 7.56. The van der Waals surface area contributed by atoms with E-state index < -0.39 is 8.07 Å². The Morgan fingerprint density at radius 1 is 1.35 bits per heavy atom. The lowest BCUT2D eigenvalue weighted by Crippen LogP contribution is -2.40. The second-order valence-electron chi connectivity index (χ2n) is 6.99. The standard InChI is InChI=1S/C18H28O2S2Si/c1-20-18(19)17(11-7-10-16-12-13-21-22-16)23(2,3)14-15-8-5-4-6-9-15/h4-6,8-9,16-17H,7,10-14H2,1-3H3. The van der Waals surface area contributed by atoms with Crippen LogP contribution in [0.4, 0.5) is 0 Å². The van der Waals surface area contributed by atoms with Crippen LogP contribution in [-0.4, -0.2) is 32.2 Å². The zero-order valence-electron chi connectivity index (χ0n) is 14.4. The van der Waals surface area contributed by atoms with Crippen molar-refractivity contribution in [2.45, 2.75) is 55.6 Å². The van der Waals surface area contributed by atoms with Crippen molar-refractivity contribution in [2.24, 2.45) is 0 Å². The van der Waals surface area contributed by atoms with Gasteiger partial charge in [-0.3, -0.25) is 4.79 Å². The lowest BCUT2D eigenvalue weighted by atomic mass is 10.1. The van der Waals surface area contributed by atoms with Gasteiger partial charge in [0.05, 0.1) is 20.7 Å². The molecule has 1 aromatic carbocycles. The van der Waals surface area contributed by atoms with E-state index in [1.165, 1.54) is 31.3 Å². The Hall–Kier alpha value is -0.393. The molecule has 2 unspecified atom stereocenters. The zero-order chi connectivity index (χ0) is 16.7. The van der Waals surface area contributed by atoms with Crippen LogP contribution in [0.5, 0.6) is 0 Å². The first-order valence-electron chi connectivity index (χ1n) is 8.43. The highest BCUT2D eigenvalue weighted by atomic mass is 33.1. The van der Waals surface area contributed by atoms with Crippen LogP contribution in [0.25, 0.3) is 0 Å². The fourth-order valence-electron chi connectivity index (χ4n) is 3.33. The van der Waals surface area contributed by atoms with E-state index in [1.54, 1.807) is 0 Å². The summed E-state index contributed by atoms with van der Waals surface area (Å²) in [4.78, 5) is 12.4. The van der Waals surface area contributed by atoms with Gasteiger partial charge in [-0.1, -0.05) is 77.0 Å². The molecule has 128 valence electrons. The van der Waals surface area contributed by atoms with E-state index in [9.17, 15) is 4.79 Å². The van der Waals surface area contributed by atoms with E-state index in [2.05, 4.69) is 37.4 Å². The molecule has 0 saturated carbocycles. The van der Waals surface area contributed by atoms with Gasteiger partial charge in [0.15, 0.2) is 0 Å². The number of rotatable bonds is 8. The molecule has 2 rings (SSSR count). The molecular formula is C18H28O2S2Si. The number of carbonyl (C=O) groups excluding carboxylic acids is 1. The summed E-state index contributed by atoms with van der Waals surface area (Å²) >= 11 is 0. The molecule has 2 nitrogen and oxygen atoms in total. The predicted octanol–water partition coefficient (Wildman–Crippen LogP) is 5.34. The van der Waals surface area contributed by atoms with Crippen LogP contribution < -0.4 is 0 Å². The minimum Gasteiger partial charge on any atom is -0.469 e. The lowest BCUT2D eigenvalue weighted by Gasteiger charge is -2.31. The Morgan fingerprint density at radius 3 is 2.70 bits per heavy atom. The van der Waals surface area contributed by atoms with Crippen molar-refractivity contribution in [2.75, 3.05) is 12.9 Å². The van der Waals surface area contributed by atoms with Crippen LogP contribution in [0.1, 0.15) is 31.2 Å². The molecule has 0 N–H and O–H groups in total. The fraction of sp³-hybridized carbons (Fsp3) is 0.611. The largest absolute Gasteiger partial charge is 0.469 e. The van der Waals surface area contributed by atoms with Crippen molar-refractivity contribution in [3.8, 4) is 0 Å². The monoisotopic (exact) mass is 368 g/mol. The number of hydrogen-bond donors (Lipinski definition) is 0. The minimum atomic E-state index is -1.72. The molecule has 0 bridgehead atoms. The average Bonchev–Trinajstić information content (AvgIpc) is 3.04. The molecule has 0 radical (unpaired) electrons. The van der Waals surface area contributed by atoms with Crippen molar-refractivity contribution in [3.05, 3.63) is 35.9 Å². The quantitative estimate of drug-likeness (QED) is 0.351. The predicted molar refractivity (Wildman–Crippen MR) is 106 cm³/mol. The molecule has 1 aliphatic heterocycles. The van der Waals surface area contributed by atoms with Gasteiger partial charge in [0.2, 0.25) is 0 Å². The molecule has 0 amide bonds. The Labute approximate surface area is 149 Å². The van der Waals surface area contributed by atoms with Crippen LogP contribution in [0, 0.1) is 0 Å². The average molecular weight is 369 g/mol. The molecule has 1 aliphatic rings. The summed E-state index contributed by atoms with van der Waals surface area (Å²) in [5.41, 5.74) is 1.45. The van der Waals surface area contributed by atoms with Gasteiger partial charge in [0.25, 0.3) is 0 Å². The van der Waals surface area contributed by atoms with Crippen LogP contribution in [0.3, 0.4) is 0 Å². The lowest BCUT2D eigenvalue weighted by molar-refractivity contribution is -0.140. The Morgan fingerprint density at radius 2 is 2.09 bits per heavy atom. The van der Waals surface area contributed by atoms with E-state index in [0.29, 0.717) is 0 Å². The van der Waals surface area contributed by atoms with Crippen molar-refractivity contribution >= 4 is 35.6 Å². The first kappa shape index (κ1) is 18.9. The smallest absolute Gasteiger partial charge is 0.305 e. The molecule has 0 aliphatic carbocycles. The molecule has 1 fully saturated rings. The highest BCUT2D eigenvalue weighted by Crippen LogP contribution is 2.41. The molecule has 1 saturated heterocycles. The summed E-state index contributed by atoms with van der Waals surface area (Å²) < 4.78 is 5.15. The van der Waals surface area contributed by atoms with Gasteiger partial charge < -0.3 is 4.74 Å². The van der Waals surface area contributed by atoms with Crippen molar-refractivity contribution in [1.82, 2.24) is 0 Å². The Bertz CT molecular complexity index is 487. The fourth-order valence-corrected chi connectivity index (χ4v) is 9.63. The molecule has 1 heterocycles. The molecule has 5 heteroatoms. The van der Waals surface area contributed by atoms with Crippen LogP contribution in [0.2, 0.25) is 18.6 Å². The van der Waals surface area contributed by atoms with Crippen LogP contribution >= 0.6 is 21.6 Å². The molecule has 23 heavy (non-hydrogen) atoms. The van der Waals surface area contributed by atoms with Gasteiger partial charge in [0, 0.05) is 11.0 Å². The topological polar surface area (TPSA) is 26.3 Å². The SMILES string of the molecule is COC(=O)C(CCCC1CCSS1)[Si](C)(C)Cc1ccccc1. The summed E-state index contributed by atoms with van der Waals surface area (Å²) in [5, 5.41) is 0.789. The van der Waals surface area contributed by atoms with Gasteiger partial charge in [-0.15, -0.1) is 0 Å². The van der Waals surface area contributed by atoms with Gasteiger partial charge in [-0.25, -0.2) is 0 Å². The maximum Gasteiger partial charge on any atom is 0.305 e. The first-order chi connectivity index (χ1) is 11.0. The van der Waals surface area contributed by atoms with Crippen molar-refractivity contribution < 1.29 is 9.53 Å². The Balaban J connectivity index is 1.96. The van der Waals surface area contributed by atoms with E-state index in [-0.39, 0.29) is 11.5 Å². The number of hydrogen-bond acceptors (Lipinski definition) is 4. The summed E-state index contributed by atoms with van der Waals surface area (Å²) in [6.45, 7) is 4.67. The van der Waals surface area contributed by atoms with Gasteiger partial charge in [-0.05, 0) is 25.3 Å². The molecule has 2 atom stereocenters. The van der Waals surface area contributed by atoms with Gasteiger partial charge in [-0.2, -0.15) is 0 Å². The minimum absolute atomic E-state index is 0.00560. The van der Waals surface area contributed by atoms with E-state index in [1.807, 2.05) is 27.7 Å². The zero-order valence-corrected chi connectivity index (χ0v) is 17.1. The molecule has 0 spiro atoms. The van der Waals surface area contributed by atoms with E-state index >= 15 is 0 Å². The van der Waals surface area contributed by atoms with Crippen molar-refractivity contribution in [1.29, 1.82) is 0 Å². The highest BCUT2D eigenvalue weighted by molar-refractivity contribution is 8.77. The van der Waals surface area contributed by atoms with E-state index in [0.717, 1.165) is 24.1 Å². The number of carbonyl (C=O) groups is 1. The third kappa shape index (κ3) is 5.87. The first-order valence-corrected chi connectivity index (χ1v) is 14.1. The number of methoxy groups -OCH3 is 1. The summed E-state index contributed by atoms with van der Waals surface area (Å²) in [5.74, 6) is 1.29. The van der Waals surface area contributed by atoms with Gasteiger partial charge >= 0.3 is 5.97 Å². The molecule has 0 aromatic heterocycles. The normalized spacial score (nSPS) is 19.5. The maximum atomic E-state index is 12.4. The molecule has 1 aromatic rings. The van der Waals surface area contributed by atoms with E-state index in [4.69, 9.17) is 4.74 Å². The number of ether oxygens (including phenoxy) is 1. The second kappa shape index (κ2) is 9.18. The van der Waals surface area contributed by atoms with Crippen LogP contribution in [-0.2, 0) is 15.6 Å². The summed E-state index contributed by atoms with van der Waals surface area (Å²) in [6, 6.07) is 11.6. The van der Waals surface area contributed by atoms with Gasteiger partial charge in [0.1, 0.15) is 0 Å². The molecular weight excluding hydrogens is 340 g/mol. The highest BCUT2D eigenvalue weighted by Gasteiger charge is 2.37. The van der Waals surface area contributed by atoms with Crippen LogP contribution in [0.15, 0.2) is 30.3 Å².